The quantitative estimate of drug-likeness (QED) is 0.672. The number of benzene rings is 1. The SMILES string of the molecule is CCCc1cc(C(=O)O)c(Cl)c2c1C(=O)OC2=O. The van der Waals surface area contributed by atoms with E-state index in [2.05, 4.69) is 4.74 Å². The molecule has 0 spiro atoms. The van der Waals surface area contributed by atoms with E-state index in [4.69, 9.17) is 16.7 Å². The smallest absolute Gasteiger partial charge is 0.348 e. The van der Waals surface area contributed by atoms with Crippen molar-refractivity contribution in [3.63, 3.8) is 0 Å². The predicted molar refractivity (Wildman–Crippen MR) is 62.2 cm³/mol. The van der Waals surface area contributed by atoms with Crippen LogP contribution >= 0.6 is 11.6 Å². The van der Waals surface area contributed by atoms with Gasteiger partial charge in [-0.1, -0.05) is 24.9 Å². The number of cyclic esters (lactones) is 2. The first-order chi connectivity index (χ1) is 8.47. The molecular formula is C12H9ClO5. The monoisotopic (exact) mass is 268 g/mol. The summed E-state index contributed by atoms with van der Waals surface area (Å²) in [6.07, 6.45) is 1.18. The molecule has 0 radical (unpaired) electrons. The molecule has 0 atom stereocenters. The molecule has 1 aliphatic rings. The molecule has 0 saturated carbocycles. The first-order valence-corrected chi connectivity index (χ1v) is 5.70. The first-order valence-electron chi connectivity index (χ1n) is 5.32. The van der Waals surface area contributed by atoms with E-state index in [1.54, 1.807) is 0 Å². The molecule has 0 aromatic heterocycles. The van der Waals surface area contributed by atoms with Crippen molar-refractivity contribution in [2.75, 3.05) is 0 Å². The van der Waals surface area contributed by atoms with E-state index in [1.165, 1.54) is 6.07 Å². The number of carboxylic acids is 1. The molecule has 1 aliphatic heterocycles. The standard InChI is InChI=1S/C12H9ClO5/c1-2-3-5-4-6(10(14)15)9(13)8-7(5)11(16)18-12(8)17/h4H,2-3H2,1H3,(H,14,15). The summed E-state index contributed by atoms with van der Waals surface area (Å²) in [7, 11) is 0. The Morgan fingerprint density at radius 2 is 1.94 bits per heavy atom. The van der Waals surface area contributed by atoms with E-state index in [0.717, 1.165) is 0 Å². The van der Waals surface area contributed by atoms with Crippen LogP contribution in [-0.4, -0.2) is 23.0 Å². The van der Waals surface area contributed by atoms with Gasteiger partial charge in [0.1, 0.15) is 0 Å². The van der Waals surface area contributed by atoms with Crippen LogP contribution in [0.1, 0.15) is 50.0 Å². The second-order valence-electron chi connectivity index (χ2n) is 3.88. The lowest BCUT2D eigenvalue weighted by molar-refractivity contribution is 0.0443. The molecule has 18 heavy (non-hydrogen) atoms. The van der Waals surface area contributed by atoms with Crippen LogP contribution in [0.3, 0.4) is 0 Å². The number of carboxylic acid groups (broad SMARTS) is 1. The number of ether oxygens (including phenoxy) is 1. The molecule has 0 saturated heterocycles. The van der Waals surface area contributed by atoms with Crippen molar-refractivity contribution in [2.45, 2.75) is 19.8 Å². The van der Waals surface area contributed by atoms with Gasteiger partial charge in [0.25, 0.3) is 0 Å². The molecule has 1 heterocycles. The number of hydrogen-bond acceptors (Lipinski definition) is 4. The maximum Gasteiger partial charge on any atom is 0.348 e. The van der Waals surface area contributed by atoms with Crippen molar-refractivity contribution in [3.05, 3.63) is 33.3 Å². The van der Waals surface area contributed by atoms with Crippen molar-refractivity contribution in [3.8, 4) is 0 Å². The summed E-state index contributed by atoms with van der Waals surface area (Å²) in [5, 5.41) is 8.78. The van der Waals surface area contributed by atoms with Gasteiger partial charge in [0.2, 0.25) is 0 Å². The van der Waals surface area contributed by atoms with Gasteiger partial charge in [-0.3, -0.25) is 0 Å². The lowest BCUT2D eigenvalue weighted by Gasteiger charge is -2.08. The van der Waals surface area contributed by atoms with Crippen LogP contribution in [0.2, 0.25) is 5.02 Å². The van der Waals surface area contributed by atoms with Gasteiger partial charge in [0.05, 0.1) is 21.7 Å². The summed E-state index contributed by atoms with van der Waals surface area (Å²) in [5.41, 5.74) is 0.248. The number of fused-ring (bicyclic) bond motifs is 1. The number of carbonyl (C=O) groups excluding carboxylic acids is 2. The van der Waals surface area contributed by atoms with E-state index >= 15 is 0 Å². The second-order valence-corrected chi connectivity index (χ2v) is 4.26. The highest BCUT2D eigenvalue weighted by atomic mass is 35.5. The average molecular weight is 269 g/mol. The third-order valence-corrected chi connectivity index (χ3v) is 3.08. The molecule has 0 bridgehead atoms. The topological polar surface area (TPSA) is 80.7 Å². The first kappa shape index (κ1) is 12.6. The van der Waals surface area contributed by atoms with Crippen LogP contribution in [0.4, 0.5) is 0 Å². The van der Waals surface area contributed by atoms with Crippen LogP contribution in [0.5, 0.6) is 0 Å². The fourth-order valence-corrected chi connectivity index (χ4v) is 2.25. The molecule has 0 amide bonds. The summed E-state index contributed by atoms with van der Waals surface area (Å²) in [6.45, 7) is 1.88. The molecule has 94 valence electrons. The summed E-state index contributed by atoms with van der Waals surface area (Å²) < 4.78 is 4.48. The van der Waals surface area contributed by atoms with Gasteiger partial charge >= 0.3 is 17.9 Å². The van der Waals surface area contributed by atoms with Gasteiger partial charge in [0, 0.05) is 0 Å². The van der Waals surface area contributed by atoms with Gasteiger partial charge in [-0.15, -0.1) is 0 Å². The highest BCUT2D eigenvalue weighted by molar-refractivity contribution is 6.38. The van der Waals surface area contributed by atoms with E-state index in [0.29, 0.717) is 18.4 Å². The Morgan fingerprint density at radius 1 is 1.33 bits per heavy atom. The summed E-state index contributed by atoms with van der Waals surface area (Å²) in [6, 6.07) is 1.33. The zero-order valence-corrected chi connectivity index (χ0v) is 10.2. The lowest BCUT2D eigenvalue weighted by Crippen LogP contribution is -2.07. The molecule has 2 rings (SSSR count). The fraction of sp³-hybridized carbons (Fsp3) is 0.250. The summed E-state index contributed by atoms with van der Waals surface area (Å²) >= 11 is 5.85. The number of aromatic carboxylic acids is 1. The van der Waals surface area contributed by atoms with Gasteiger partial charge in [0.15, 0.2) is 0 Å². The third-order valence-electron chi connectivity index (χ3n) is 2.69. The molecule has 0 aliphatic carbocycles. The summed E-state index contributed by atoms with van der Waals surface area (Å²) in [4.78, 5) is 34.1. The van der Waals surface area contributed by atoms with Gasteiger partial charge in [-0.25, -0.2) is 14.4 Å². The Morgan fingerprint density at radius 3 is 2.50 bits per heavy atom. The van der Waals surface area contributed by atoms with Crippen molar-refractivity contribution >= 4 is 29.5 Å². The number of rotatable bonds is 3. The Hall–Kier alpha value is -1.88. The number of hydrogen-bond donors (Lipinski definition) is 1. The third kappa shape index (κ3) is 1.76. The molecule has 5 nitrogen and oxygen atoms in total. The molecule has 1 aromatic carbocycles. The lowest BCUT2D eigenvalue weighted by atomic mass is 9.96. The molecule has 1 aromatic rings. The van der Waals surface area contributed by atoms with Crippen molar-refractivity contribution < 1.29 is 24.2 Å². The van der Waals surface area contributed by atoms with E-state index in [1.807, 2.05) is 6.92 Å². The minimum atomic E-state index is -1.24. The van der Waals surface area contributed by atoms with E-state index in [-0.39, 0.29) is 21.7 Å². The zero-order valence-electron chi connectivity index (χ0n) is 9.45. The van der Waals surface area contributed by atoms with E-state index < -0.39 is 17.9 Å². The number of carbonyl (C=O) groups is 3. The minimum absolute atomic E-state index is 0.0943. The molecule has 0 unspecified atom stereocenters. The number of esters is 2. The Balaban J connectivity index is 2.77. The maximum absolute atomic E-state index is 11.6. The summed E-state index contributed by atoms with van der Waals surface area (Å²) in [5.74, 6) is -2.90. The van der Waals surface area contributed by atoms with Crippen LogP contribution in [0, 0.1) is 0 Å². The largest absolute Gasteiger partial charge is 0.478 e. The Kier molecular flexibility index (Phi) is 3.09. The van der Waals surface area contributed by atoms with E-state index in [9.17, 15) is 14.4 Å². The fourth-order valence-electron chi connectivity index (χ4n) is 1.95. The second kappa shape index (κ2) is 4.42. The van der Waals surface area contributed by atoms with Gasteiger partial charge in [-0.05, 0) is 18.1 Å². The maximum atomic E-state index is 11.6. The van der Waals surface area contributed by atoms with Crippen molar-refractivity contribution in [1.29, 1.82) is 0 Å². The van der Waals surface area contributed by atoms with Crippen LogP contribution < -0.4 is 0 Å². The predicted octanol–water partition coefficient (Wildman–Crippen LogP) is 2.30. The number of aryl methyl sites for hydroxylation is 1. The van der Waals surface area contributed by atoms with Gasteiger partial charge in [-0.2, -0.15) is 0 Å². The molecule has 1 N–H and O–H groups in total. The zero-order chi connectivity index (χ0) is 13.4. The normalized spacial score (nSPS) is 13.4. The average Bonchev–Trinajstić information content (AvgIpc) is 2.58. The Labute approximate surface area is 107 Å². The van der Waals surface area contributed by atoms with Crippen molar-refractivity contribution in [1.82, 2.24) is 0 Å². The number of halogens is 1. The molecule has 6 heteroatoms. The van der Waals surface area contributed by atoms with Crippen LogP contribution in [0.25, 0.3) is 0 Å². The molecule has 0 fully saturated rings. The van der Waals surface area contributed by atoms with Gasteiger partial charge < -0.3 is 9.84 Å². The minimum Gasteiger partial charge on any atom is -0.478 e. The highest BCUT2D eigenvalue weighted by Crippen LogP contribution is 2.34. The van der Waals surface area contributed by atoms with Crippen LogP contribution in [0.15, 0.2) is 6.07 Å². The van der Waals surface area contributed by atoms with Crippen LogP contribution in [-0.2, 0) is 11.2 Å². The van der Waals surface area contributed by atoms with Crippen molar-refractivity contribution in [2.24, 2.45) is 0 Å². The molecular weight excluding hydrogens is 260 g/mol. The highest BCUT2D eigenvalue weighted by Gasteiger charge is 2.36. The Bertz CT molecular complexity index is 576.